The standard InChI is InChI=1S/C12H11BrOS2/c13-12-5-10(8-16-12)7-15-11-3-1-9(6-14)2-4-11/h1-5,8,14H,6-7H2. The summed E-state index contributed by atoms with van der Waals surface area (Å²) in [6, 6.07) is 10.2. The van der Waals surface area contributed by atoms with Gasteiger partial charge in [0.2, 0.25) is 0 Å². The summed E-state index contributed by atoms with van der Waals surface area (Å²) in [7, 11) is 0. The van der Waals surface area contributed by atoms with Gasteiger partial charge >= 0.3 is 0 Å². The molecule has 16 heavy (non-hydrogen) atoms. The van der Waals surface area contributed by atoms with Gasteiger partial charge in [-0.1, -0.05) is 12.1 Å². The van der Waals surface area contributed by atoms with E-state index in [2.05, 4.69) is 39.5 Å². The van der Waals surface area contributed by atoms with Gasteiger partial charge in [0.05, 0.1) is 10.4 Å². The van der Waals surface area contributed by atoms with Crippen molar-refractivity contribution in [3.63, 3.8) is 0 Å². The third-order valence-corrected chi connectivity index (χ3v) is 4.77. The zero-order chi connectivity index (χ0) is 11.4. The highest BCUT2D eigenvalue weighted by molar-refractivity contribution is 9.11. The summed E-state index contributed by atoms with van der Waals surface area (Å²) in [4.78, 5) is 1.24. The fourth-order valence-electron chi connectivity index (χ4n) is 1.28. The Bertz CT molecular complexity index is 450. The second kappa shape index (κ2) is 5.87. The molecule has 1 N–H and O–H groups in total. The number of aliphatic hydroxyl groups is 1. The average molecular weight is 315 g/mol. The lowest BCUT2D eigenvalue weighted by Gasteiger charge is -2.01. The smallest absolute Gasteiger partial charge is 0.0701 e. The molecule has 0 spiro atoms. The van der Waals surface area contributed by atoms with Crippen LogP contribution in [0.4, 0.5) is 0 Å². The monoisotopic (exact) mass is 314 g/mol. The maximum Gasteiger partial charge on any atom is 0.0701 e. The van der Waals surface area contributed by atoms with Crippen molar-refractivity contribution in [2.75, 3.05) is 0 Å². The van der Waals surface area contributed by atoms with E-state index in [1.165, 1.54) is 14.2 Å². The van der Waals surface area contributed by atoms with E-state index in [1.807, 2.05) is 23.9 Å². The first kappa shape index (κ1) is 12.2. The third kappa shape index (κ3) is 3.35. The molecule has 0 atom stereocenters. The maximum atomic E-state index is 8.93. The summed E-state index contributed by atoms with van der Waals surface area (Å²) in [5.74, 6) is 0.987. The highest BCUT2D eigenvalue weighted by Crippen LogP contribution is 2.27. The van der Waals surface area contributed by atoms with Gasteiger partial charge in [0.15, 0.2) is 0 Å². The van der Waals surface area contributed by atoms with Crippen molar-refractivity contribution in [2.45, 2.75) is 17.3 Å². The normalized spacial score (nSPS) is 10.6. The molecule has 2 rings (SSSR count). The molecule has 0 bridgehead atoms. The number of aliphatic hydroxyl groups excluding tert-OH is 1. The summed E-state index contributed by atoms with van der Waals surface area (Å²) in [6.07, 6.45) is 0. The van der Waals surface area contributed by atoms with Crippen LogP contribution in [0.2, 0.25) is 0 Å². The Kier molecular flexibility index (Phi) is 4.46. The molecule has 0 aliphatic rings. The Labute approximate surface area is 112 Å². The first-order valence-corrected chi connectivity index (χ1v) is 7.49. The predicted molar refractivity (Wildman–Crippen MR) is 73.9 cm³/mol. The van der Waals surface area contributed by atoms with E-state index in [9.17, 15) is 0 Å². The number of benzene rings is 1. The molecule has 0 saturated heterocycles. The topological polar surface area (TPSA) is 20.2 Å². The van der Waals surface area contributed by atoms with Gasteiger partial charge in [0.25, 0.3) is 0 Å². The number of thiophene rings is 1. The molecule has 84 valence electrons. The minimum Gasteiger partial charge on any atom is -0.392 e. The summed E-state index contributed by atoms with van der Waals surface area (Å²) in [5.41, 5.74) is 2.30. The molecule has 2 aromatic rings. The van der Waals surface area contributed by atoms with E-state index in [0.717, 1.165) is 11.3 Å². The molecule has 0 saturated carbocycles. The number of thioether (sulfide) groups is 1. The summed E-state index contributed by atoms with van der Waals surface area (Å²) in [6.45, 7) is 0.114. The van der Waals surface area contributed by atoms with Gasteiger partial charge in [-0.05, 0) is 50.6 Å². The SMILES string of the molecule is OCc1ccc(SCc2csc(Br)c2)cc1. The van der Waals surface area contributed by atoms with E-state index in [-0.39, 0.29) is 6.61 Å². The van der Waals surface area contributed by atoms with Crippen molar-refractivity contribution in [1.82, 2.24) is 0 Å². The molecule has 0 amide bonds. The molecular weight excluding hydrogens is 304 g/mol. The average Bonchev–Trinajstić information content (AvgIpc) is 2.73. The number of hydrogen-bond acceptors (Lipinski definition) is 3. The number of rotatable bonds is 4. The Morgan fingerprint density at radius 1 is 1.19 bits per heavy atom. The molecule has 4 heteroatoms. The van der Waals surface area contributed by atoms with Crippen LogP contribution in [0.1, 0.15) is 11.1 Å². The number of halogens is 1. The van der Waals surface area contributed by atoms with Gasteiger partial charge in [0, 0.05) is 10.6 Å². The lowest BCUT2D eigenvalue weighted by molar-refractivity contribution is 0.282. The predicted octanol–water partition coefficient (Wildman–Crippen LogP) is 4.30. The van der Waals surface area contributed by atoms with E-state index >= 15 is 0 Å². The second-order valence-electron chi connectivity index (χ2n) is 3.35. The van der Waals surface area contributed by atoms with Crippen LogP contribution in [0.15, 0.2) is 44.4 Å². The van der Waals surface area contributed by atoms with Crippen LogP contribution in [-0.2, 0) is 12.4 Å². The Hall–Kier alpha value is -0.290. The van der Waals surface area contributed by atoms with Crippen molar-refractivity contribution in [3.8, 4) is 0 Å². The maximum absolute atomic E-state index is 8.93. The van der Waals surface area contributed by atoms with Gasteiger partial charge in [-0.25, -0.2) is 0 Å². The van der Waals surface area contributed by atoms with E-state index in [1.54, 1.807) is 11.3 Å². The van der Waals surface area contributed by atoms with Crippen LogP contribution in [-0.4, -0.2) is 5.11 Å². The minimum atomic E-state index is 0.114. The van der Waals surface area contributed by atoms with Crippen LogP contribution in [0, 0.1) is 0 Å². The largest absolute Gasteiger partial charge is 0.392 e. The second-order valence-corrected chi connectivity index (χ2v) is 6.69. The molecule has 0 unspecified atom stereocenters. The van der Waals surface area contributed by atoms with Crippen molar-refractivity contribution in [2.24, 2.45) is 0 Å². The Balaban J connectivity index is 1.94. The van der Waals surface area contributed by atoms with Crippen molar-refractivity contribution < 1.29 is 5.11 Å². The molecule has 0 radical (unpaired) electrons. The quantitative estimate of drug-likeness (QED) is 0.849. The van der Waals surface area contributed by atoms with Crippen molar-refractivity contribution in [1.29, 1.82) is 0 Å². The molecule has 0 fully saturated rings. The van der Waals surface area contributed by atoms with Crippen molar-refractivity contribution in [3.05, 3.63) is 50.6 Å². The molecular formula is C12H11BrOS2. The van der Waals surface area contributed by atoms with Crippen molar-refractivity contribution >= 4 is 39.0 Å². The van der Waals surface area contributed by atoms with Gasteiger partial charge in [0.1, 0.15) is 0 Å². The minimum absolute atomic E-state index is 0.114. The molecule has 1 aromatic carbocycles. The van der Waals surface area contributed by atoms with Crippen LogP contribution < -0.4 is 0 Å². The first-order chi connectivity index (χ1) is 7.78. The highest BCUT2D eigenvalue weighted by atomic mass is 79.9. The zero-order valence-corrected chi connectivity index (χ0v) is 11.7. The van der Waals surface area contributed by atoms with Crippen LogP contribution in [0.3, 0.4) is 0 Å². The molecule has 0 aliphatic carbocycles. The lowest BCUT2D eigenvalue weighted by atomic mass is 10.2. The fourth-order valence-corrected chi connectivity index (χ4v) is 3.42. The Morgan fingerprint density at radius 3 is 2.50 bits per heavy atom. The van der Waals surface area contributed by atoms with Crippen LogP contribution in [0.5, 0.6) is 0 Å². The molecule has 1 aromatic heterocycles. The Morgan fingerprint density at radius 2 is 1.94 bits per heavy atom. The van der Waals surface area contributed by atoms with E-state index in [4.69, 9.17) is 5.11 Å². The van der Waals surface area contributed by atoms with Gasteiger partial charge in [-0.15, -0.1) is 23.1 Å². The van der Waals surface area contributed by atoms with E-state index < -0.39 is 0 Å². The number of hydrogen-bond donors (Lipinski definition) is 1. The fraction of sp³-hybridized carbons (Fsp3) is 0.167. The zero-order valence-electron chi connectivity index (χ0n) is 8.52. The van der Waals surface area contributed by atoms with Gasteiger partial charge in [-0.2, -0.15) is 0 Å². The summed E-state index contributed by atoms with van der Waals surface area (Å²) in [5, 5.41) is 11.1. The van der Waals surface area contributed by atoms with E-state index in [0.29, 0.717) is 0 Å². The summed E-state index contributed by atoms with van der Waals surface area (Å²) < 4.78 is 1.18. The lowest BCUT2D eigenvalue weighted by Crippen LogP contribution is -1.82. The van der Waals surface area contributed by atoms with Gasteiger partial charge in [-0.3, -0.25) is 0 Å². The summed E-state index contributed by atoms with van der Waals surface area (Å²) >= 11 is 6.98. The molecule has 1 heterocycles. The highest BCUT2D eigenvalue weighted by Gasteiger charge is 1.99. The van der Waals surface area contributed by atoms with Crippen LogP contribution >= 0.6 is 39.0 Å². The third-order valence-electron chi connectivity index (χ3n) is 2.13. The first-order valence-electron chi connectivity index (χ1n) is 4.83. The molecule has 0 aliphatic heterocycles. The van der Waals surface area contributed by atoms with Crippen LogP contribution in [0.25, 0.3) is 0 Å². The van der Waals surface area contributed by atoms with Gasteiger partial charge < -0.3 is 5.11 Å². The molecule has 1 nitrogen and oxygen atoms in total.